The smallest absolute Gasteiger partial charge is 0.271 e. The summed E-state index contributed by atoms with van der Waals surface area (Å²) in [5, 5.41) is 13.2. The van der Waals surface area contributed by atoms with Crippen LogP contribution in [-0.2, 0) is 6.61 Å². The van der Waals surface area contributed by atoms with Gasteiger partial charge in [0.05, 0.1) is 11.9 Å². The van der Waals surface area contributed by atoms with E-state index in [2.05, 4.69) is 45.1 Å². The van der Waals surface area contributed by atoms with Gasteiger partial charge in [0.2, 0.25) is 0 Å². The summed E-state index contributed by atoms with van der Waals surface area (Å²) in [5.74, 6) is 0.423. The molecule has 0 radical (unpaired) electrons. The highest BCUT2D eigenvalue weighted by molar-refractivity contribution is 7.14. The van der Waals surface area contributed by atoms with Crippen LogP contribution in [0.25, 0.3) is 22.0 Å². The molecule has 0 fully saturated rings. The number of rotatable bonds is 9. The van der Waals surface area contributed by atoms with Crippen molar-refractivity contribution < 1.29 is 9.53 Å². The van der Waals surface area contributed by atoms with E-state index in [-0.39, 0.29) is 5.91 Å². The second kappa shape index (κ2) is 12.7. The monoisotopic (exact) mass is 588 g/mol. The number of carbonyl (C=O) groups excluding carboxylic acids is 1. The maximum absolute atomic E-state index is 12.7. The van der Waals surface area contributed by atoms with Gasteiger partial charge < -0.3 is 10.1 Å². The number of nitrogens with zero attached hydrogens (tertiary/aromatic N) is 2. The minimum absolute atomic E-state index is 0.301. The number of amides is 1. The Morgan fingerprint density at radius 2 is 1.69 bits per heavy atom. The molecule has 8 heteroatoms. The summed E-state index contributed by atoms with van der Waals surface area (Å²) in [4.78, 5) is 17.3. The lowest BCUT2D eigenvalue weighted by Gasteiger charge is -2.09. The number of thiazole rings is 1. The van der Waals surface area contributed by atoms with Crippen molar-refractivity contribution in [2.24, 2.45) is 5.10 Å². The highest BCUT2D eigenvalue weighted by Gasteiger charge is 2.09. The predicted molar refractivity (Wildman–Crippen MR) is 172 cm³/mol. The first kappa shape index (κ1) is 27.2. The van der Waals surface area contributed by atoms with E-state index in [0.29, 0.717) is 17.2 Å². The Bertz CT molecular complexity index is 1860. The summed E-state index contributed by atoms with van der Waals surface area (Å²) in [5.41, 5.74) is 7.67. The molecule has 1 heterocycles. The fourth-order valence-electron chi connectivity index (χ4n) is 4.41. The van der Waals surface area contributed by atoms with E-state index in [1.807, 2.05) is 84.2 Å². The molecule has 0 aliphatic carbocycles. The summed E-state index contributed by atoms with van der Waals surface area (Å²) in [6.07, 6.45) is 1.60. The summed E-state index contributed by atoms with van der Waals surface area (Å²) >= 11 is 7.46. The highest BCUT2D eigenvalue weighted by Crippen LogP contribution is 2.28. The Morgan fingerprint density at radius 3 is 2.55 bits per heavy atom. The second-order valence-corrected chi connectivity index (χ2v) is 10.7. The summed E-state index contributed by atoms with van der Waals surface area (Å²) < 4.78 is 6.06. The van der Waals surface area contributed by atoms with Crippen LogP contribution in [0.4, 0.5) is 10.8 Å². The number of hydrogen-bond donors (Lipinski definition) is 2. The van der Waals surface area contributed by atoms with Gasteiger partial charge in [-0.3, -0.25) is 4.79 Å². The Hall–Kier alpha value is -4.98. The molecule has 0 aliphatic rings. The number of ether oxygens (including phenoxy) is 1. The van der Waals surface area contributed by atoms with Crippen LogP contribution in [0.5, 0.6) is 5.75 Å². The zero-order valence-corrected chi connectivity index (χ0v) is 23.9. The van der Waals surface area contributed by atoms with Crippen molar-refractivity contribution in [1.82, 2.24) is 10.4 Å². The van der Waals surface area contributed by atoms with Crippen molar-refractivity contribution in [2.45, 2.75) is 6.61 Å². The quantitative estimate of drug-likeness (QED) is 0.131. The normalized spacial score (nSPS) is 11.1. The summed E-state index contributed by atoms with van der Waals surface area (Å²) in [7, 11) is 0. The molecule has 206 valence electrons. The molecule has 1 aromatic heterocycles. The summed E-state index contributed by atoms with van der Waals surface area (Å²) in [6, 6.07) is 36.8. The molecule has 2 N–H and O–H groups in total. The molecule has 1 amide bonds. The van der Waals surface area contributed by atoms with Gasteiger partial charge in [0, 0.05) is 27.2 Å². The maximum atomic E-state index is 12.7. The first-order valence-electron chi connectivity index (χ1n) is 13.2. The van der Waals surface area contributed by atoms with Crippen LogP contribution in [-0.4, -0.2) is 17.1 Å². The minimum Gasteiger partial charge on any atom is -0.489 e. The number of aromatic nitrogens is 1. The number of hydrogen-bond acceptors (Lipinski definition) is 6. The van der Waals surface area contributed by atoms with Gasteiger partial charge in [0.1, 0.15) is 12.4 Å². The Labute approximate surface area is 252 Å². The Kier molecular flexibility index (Phi) is 8.21. The van der Waals surface area contributed by atoms with E-state index < -0.39 is 0 Å². The Morgan fingerprint density at radius 1 is 0.905 bits per heavy atom. The standard InChI is InChI=1S/C34H25ClN4O2S/c35-28-15-17-29(18-16-28)37-34-38-32(22-42-34)25-11-13-26(14-12-25)33(40)39-36-20-23-5-3-9-30(19-23)41-21-27-8-4-7-24-6-1-2-10-31(24)27/h1-20,22H,21H2,(H,37,38)(H,39,40)/b36-20-. The fraction of sp³-hybridized carbons (Fsp3) is 0.0294. The van der Waals surface area contributed by atoms with E-state index in [1.165, 1.54) is 22.1 Å². The van der Waals surface area contributed by atoms with Gasteiger partial charge in [-0.05, 0) is 70.4 Å². The third-order valence-electron chi connectivity index (χ3n) is 6.55. The summed E-state index contributed by atoms with van der Waals surface area (Å²) in [6.45, 7) is 0.454. The van der Waals surface area contributed by atoms with Gasteiger partial charge in [-0.2, -0.15) is 5.10 Å². The molecule has 0 spiro atoms. The van der Waals surface area contributed by atoms with Gasteiger partial charge in [0.15, 0.2) is 5.13 Å². The van der Waals surface area contributed by atoms with Gasteiger partial charge in [-0.1, -0.05) is 78.3 Å². The van der Waals surface area contributed by atoms with Crippen molar-refractivity contribution in [1.29, 1.82) is 0 Å². The molecule has 0 bridgehead atoms. The number of nitrogens with one attached hydrogen (secondary N) is 2. The van der Waals surface area contributed by atoms with Crippen LogP contribution in [0.15, 0.2) is 126 Å². The number of benzene rings is 5. The molecule has 6 rings (SSSR count). The van der Waals surface area contributed by atoms with Crippen molar-refractivity contribution in [3.63, 3.8) is 0 Å². The van der Waals surface area contributed by atoms with E-state index in [0.717, 1.165) is 39.0 Å². The first-order valence-corrected chi connectivity index (χ1v) is 14.5. The molecule has 0 atom stereocenters. The molecule has 42 heavy (non-hydrogen) atoms. The van der Waals surface area contributed by atoms with Gasteiger partial charge in [-0.25, -0.2) is 10.4 Å². The number of fused-ring (bicyclic) bond motifs is 1. The molecule has 0 saturated heterocycles. The lowest BCUT2D eigenvalue weighted by molar-refractivity contribution is 0.0955. The van der Waals surface area contributed by atoms with Crippen LogP contribution < -0.4 is 15.5 Å². The van der Waals surface area contributed by atoms with Crippen molar-refractivity contribution in [3.8, 4) is 17.0 Å². The average Bonchev–Trinajstić information content (AvgIpc) is 3.50. The SMILES string of the molecule is O=C(N/N=C\c1cccc(OCc2cccc3ccccc23)c1)c1ccc(-c2csc(Nc3ccc(Cl)cc3)n2)cc1. The second-order valence-electron chi connectivity index (χ2n) is 9.45. The molecule has 0 aliphatic heterocycles. The lowest BCUT2D eigenvalue weighted by atomic mass is 10.1. The van der Waals surface area contributed by atoms with Crippen molar-refractivity contribution in [2.75, 3.05) is 5.32 Å². The Balaban J connectivity index is 1.03. The zero-order valence-electron chi connectivity index (χ0n) is 22.3. The average molecular weight is 589 g/mol. The number of hydrazone groups is 1. The molecule has 0 saturated carbocycles. The van der Waals surface area contributed by atoms with Gasteiger partial charge >= 0.3 is 0 Å². The third-order valence-corrected chi connectivity index (χ3v) is 7.56. The predicted octanol–water partition coefficient (Wildman–Crippen LogP) is 8.70. The van der Waals surface area contributed by atoms with Crippen LogP contribution >= 0.6 is 22.9 Å². The topological polar surface area (TPSA) is 75.6 Å². The van der Waals surface area contributed by atoms with Crippen LogP contribution in [0.2, 0.25) is 5.02 Å². The molecule has 6 aromatic rings. The van der Waals surface area contributed by atoms with E-state index >= 15 is 0 Å². The number of halogens is 1. The fourth-order valence-corrected chi connectivity index (χ4v) is 5.27. The molecular formula is C34H25ClN4O2S. The van der Waals surface area contributed by atoms with E-state index in [4.69, 9.17) is 16.3 Å². The number of anilines is 2. The van der Waals surface area contributed by atoms with Gasteiger partial charge in [-0.15, -0.1) is 11.3 Å². The zero-order chi connectivity index (χ0) is 28.7. The lowest BCUT2D eigenvalue weighted by Crippen LogP contribution is -2.17. The first-order chi connectivity index (χ1) is 20.6. The van der Waals surface area contributed by atoms with Crippen LogP contribution in [0.3, 0.4) is 0 Å². The van der Waals surface area contributed by atoms with Gasteiger partial charge in [0.25, 0.3) is 5.91 Å². The van der Waals surface area contributed by atoms with Crippen LogP contribution in [0, 0.1) is 0 Å². The number of carbonyl (C=O) groups is 1. The maximum Gasteiger partial charge on any atom is 0.271 e. The molecule has 6 nitrogen and oxygen atoms in total. The minimum atomic E-state index is -0.301. The van der Waals surface area contributed by atoms with Crippen LogP contribution in [0.1, 0.15) is 21.5 Å². The van der Waals surface area contributed by atoms with E-state index in [1.54, 1.807) is 18.3 Å². The molecular weight excluding hydrogens is 564 g/mol. The molecule has 5 aromatic carbocycles. The largest absolute Gasteiger partial charge is 0.489 e. The molecule has 0 unspecified atom stereocenters. The highest BCUT2D eigenvalue weighted by atomic mass is 35.5. The third kappa shape index (κ3) is 6.66. The van der Waals surface area contributed by atoms with E-state index in [9.17, 15) is 4.79 Å². The van der Waals surface area contributed by atoms with Crippen molar-refractivity contribution in [3.05, 3.63) is 142 Å². The van der Waals surface area contributed by atoms with Crippen molar-refractivity contribution >= 4 is 56.7 Å².